The van der Waals surface area contributed by atoms with Gasteiger partial charge in [0.25, 0.3) is 0 Å². The third-order valence-electron chi connectivity index (χ3n) is 3.35. The van der Waals surface area contributed by atoms with E-state index < -0.39 is 5.60 Å². The summed E-state index contributed by atoms with van der Waals surface area (Å²) < 4.78 is 18.0. The first kappa shape index (κ1) is 13.4. The monoisotopic (exact) mass is 254 g/mol. The van der Waals surface area contributed by atoms with Crippen molar-refractivity contribution in [3.8, 4) is 0 Å². The van der Waals surface area contributed by atoms with Gasteiger partial charge in [0.1, 0.15) is 5.82 Å². The highest BCUT2D eigenvalue weighted by Gasteiger charge is 2.29. The smallest absolute Gasteiger partial charge is 0.141 e. The van der Waals surface area contributed by atoms with Crippen LogP contribution in [0.15, 0.2) is 18.3 Å². The summed E-state index contributed by atoms with van der Waals surface area (Å²) in [6.07, 6.45) is 2.49. The van der Waals surface area contributed by atoms with Gasteiger partial charge in [0.2, 0.25) is 0 Å². The van der Waals surface area contributed by atoms with Crippen LogP contribution < -0.4 is 5.32 Å². The van der Waals surface area contributed by atoms with Crippen LogP contribution in [0.2, 0.25) is 0 Å². The van der Waals surface area contributed by atoms with Gasteiger partial charge in [-0.2, -0.15) is 0 Å². The van der Waals surface area contributed by atoms with E-state index in [-0.39, 0.29) is 11.9 Å². The van der Waals surface area contributed by atoms with E-state index in [1.165, 1.54) is 12.3 Å². The average molecular weight is 254 g/mol. The van der Waals surface area contributed by atoms with Crippen LogP contribution in [0, 0.1) is 5.82 Å². The molecule has 1 fully saturated rings. The number of aliphatic hydroxyl groups is 1. The summed E-state index contributed by atoms with van der Waals surface area (Å²) in [7, 11) is 0. The van der Waals surface area contributed by atoms with Crippen LogP contribution in [-0.4, -0.2) is 35.5 Å². The SMILES string of the molecule is CC(NCC1(O)CCOCC1)c1ccc(F)cn1. The summed E-state index contributed by atoms with van der Waals surface area (Å²) in [5.41, 5.74) is 0.0686. The summed E-state index contributed by atoms with van der Waals surface area (Å²) in [4.78, 5) is 4.02. The first-order valence-electron chi connectivity index (χ1n) is 6.24. The number of nitrogens with zero attached hydrogens (tertiary/aromatic N) is 1. The molecule has 0 saturated carbocycles. The zero-order chi connectivity index (χ0) is 13.0. The fraction of sp³-hybridized carbons (Fsp3) is 0.615. The van der Waals surface area contributed by atoms with E-state index in [1.54, 1.807) is 6.07 Å². The fourth-order valence-corrected chi connectivity index (χ4v) is 2.02. The van der Waals surface area contributed by atoms with Crippen LogP contribution in [0.25, 0.3) is 0 Å². The lowest BCUT2D eigenvalue weighted by Crippen LogP contribution is -2.45. The molecule has 18 heavy (non-hydrogen) atoms. The Morgan fingerprint density at radius 3 is 2.83 bits per heavy atom. The summed E-state index contributed by atoms with van der Waals surface area (Å²) in [5.74, 6) is -0.339. The van der Waals surface area contributed by atoms with Crippen LogP contribution in [0.5, 0.6) is 0 Å². The van der Waals surface area contributed by atoms with Crippen LogP contribution in [0.1, 0.15) is 31.5 Å². The van der Waals surface area contributed by atoms with E-state index in [1.807, 2.05) is 6.92 Å². The normalized spacial score (nSPS) is 20.6. The first-order valence-corrected chi connectivity index (χ1v) is 6.24. The number of ether oxygens (including phenoxy) is 1. The van der Waals surface area contributed by atoms with Crippen molar-refractivity contribution >= 4 is 0 Å². The van der Waals surface area contributed by atoms with E-state index in [0.29, 0.717) is 32.6 Å². The van der Waals surface area contributed by atoms with Gasteiger partial charge in [-0.3, -0.25) is 4.98 Å². The number of hydrogen-bond acceptors (Lipinski definition) is 4. The van der Waals surface area contributed by atoms with Gasteiger partial charge in [0.05, 0.1) is 17.5 Å². The highest BCUT2D eigenvalue weighted by molar-refractivity contribution is 5.09. The lowest BCUT2D eigenvalue weighted by molar-refractivity contribution is -0.0626. The van der Waals surface area contributed by atoms with Crippen molar-refractivity contribution in [2.45, 2.75) is 31.4 Å². The van der Waals surface area contributed by atoms with Gasteiger partial charge in [0, 0.05) is 38.6 Å². The predicted octanol–water partition coefficient (Wildman–Crippen LogP) is 1.41. The molecule has 2 rings (SSSR count). The molecule has 100 valence electrons. The van der Waals surface area contributed by atoms with Crippen LogP contribution in [-0.2, 0) is 4.74 Å². The molecule has 1 unspecified atom stereocenters. The zero-order valence-electron chi connectivity index (χ0n) is 10.5. The lowest BCUT2D eigenvalue weighted by atomic mass is 9.94. The molecule has 0 spiro atoms. The van der Waals surface area contributed by atoms with Crippen molar-refractivity contribution < 1.29 is 14.2 Å². The van der Waals surface area contributed by atoms with E-state index >= 15 is 0 Å². The third-order valence-corrected chi connectivity index (χ3v) is 3.35. The Labute approximate surface area is 106 Å². The van der Waals surface area contributed by atoms with Crippen molar-refractivity contribution in [3.05, 3.63) is 29.8 Å². The van der Waals surface area contributed by atoms with Crippen molar-refractivity contribution in [2.75, 3.05) is 19.8 Å². The predicted molar refractivity (Wildman–Crippen MR) is 65.6 cm³/mol. The third kappa shape index (κ3) is 3.48. The van der Waals surface area contributed by atoms with Gasteiger partial charge in [0.15, 0.2) is 0 Å². The molecule has 1 aliphatic rings. The number of rotatable bonds is 4. The maximum Gasteiger partial charge on any atom is 0.141 e. The van der Waals surface area contributed by atoms with Crippen molar-refractivity contribution in [2.24, 2.45) is 0 Å². The van der Waals surface area contributed by atoms with Gasteiger partial charge < -0.3 is 15.2 Å². The molecule has 0 amide bonds. The quantitative estimate of drug-likeness (QED) is 0.853. The van der Waals surface area contributed by atoms with E-state index in [2.05, 4.69) is 10.3 Å². The van der Waals surface area contributed by atoms with Crippen molar-refractivity contribution in [3.63, 3.8) is 0 Å². The average Bonchev–Trinajstić information content (AvgIpc) is 2.38. The first-order chi connectivity index (χ1) is 8.59. The number of hydrogen-bond donors (Lipinski definition) is 2. The lowest BCUT2D eigenvalue weighted by Gasteiger charge is -2.33. The molecular weight excluding hydrogens is 235 g/mol. The number of aromatic nitrogens is 1. The maximum atomic E-state index is 12.8. The molecule has 1 aliphatic heterocycles. The number of nitrogens with one attached hydrogen (secondary N) is 1. The second-order valence-corrected chi connectivity index (χ2v) is 4.84. The van der Waals surface area contributed by atoms with Gasteiger partial charge in [-0.05, 0) is 19.1 Å². The van der Waals surface area contributed by atoms with Crippen LogP contribution in [0.4, 0.5) is 4.39 Å². The standard InChI is InChI=1S/C13H19FN2O2/c1-10(12-3-2-11(14)8-15-12)16-9-13(17)4-6-18-7-5-13/h2-3,8,10,16-17H,4-7,9H2,1H3. The Kier molecular flexibility index (Phi) is 4.27. The van der Waals surface area contributed by atoms with E-state index in [9.17, 15) is 9.50 Å². The van der Waals surface area contributed by atoms with E-state index in [4.69, 9.17) is 4.74 Å². The Hall–Kier alpha value is -1.04. The molecule has 1 aromatic heterocycles. The Balaban J connectivity index is 1.87. The molecule has 0 aromatic carbocycles. The molecular formula is C13H19FN2O2. The second-order valence-electron chi connectivity index (χ2n) is 4.84. The molecule has 0 radical (unpaired) electrons. The molecule has 1 atom stereocenters. The fourth-order valence-electron chi connectivity index (χ4n) is 2.02. The molecule has 4 nitrogen and oxygen atoms in total. The Morgan fingerprint density at radius 1 is 1.50 bits per heavy atom. The van der Waals surface area contributed by atoms with Crippen LogP contribution >= 0.6 is 0 Å². The molecule has 1 aromatic rings. The highest BCUT2D eigenvalue weighted by Crippen LogP contribution is 2.20. The number of pyridine rings is 1. The molecule has 2 N–H and O–H groups in total. The summed E-state index contributed by atoms with van der Waals surface area (Å²) in [5, 5.41) is 13.5. The number of halogens is 1. The van der Waals surface area contributed by atoms with Gasteiger partial charge >= 0.3 is 0 Å². The highest BCUT2D eigenvalue weighted by atomic mass is 19.1. The topological polar surface area (TPSA) is 54.4 Å². The minimum Gasteiger partial charge on any atom is -0.388 e. The minimum atomic E-state index is -0.702. The van der Waals surface area contributed by atoms with E-state index in [0.717, 1.165) is 5.69 Å². The summed E-state index contributed by atoms with van der Waals surface area (Å²) in [6, 6.07) is 3.03. The Morgan fingerprint density at radius 2 is 2.22 bits per heavy atom. The van der Waals surface area contributed by atoms with Gasteiger partial charge in [-0.1, -0.05) is 0 Å². The molecule has 0 aliphatic carbocycles. The van der Waals surface area contributed by atoms with Crippen molar-refractivity contribution in [1.29, 1.82) is 0 Å². The minimum absolute atomic E-state index is 0.0162. The zero-order valence-corrected chi connectivity index (χ0v) is 10.5. The maximum absolute atomic E-state index is 12.8. The van der Waals surface area contributed by atoms with Gasteiger partial charge in [-0.25, -0.2) is 4.39 Å². The molecule has 2 heterocycles. The van der Waals surface area contributed by atoms with Gasteiger partial charge in [-0.15, -0.1) is 0 Å². The summed E-state index contributed by atoms with van der Waals surface area (Å²) in [6.45, 7) is 3.64. The van der Waals surface area contributed by atoms with Crippen LogP contribution in [0.3, 0.4) is 0 Å². The largest absolute Gasteiger partial charge is 0.388 e. The molecule has 1 saturated heterocycles. The second kappa shape index (κ2) is 5.73. The summed E-state index contributed by atoms with van der Waals surface area (Å²) >= 11 is 0. The van der Waals surface area contributed by atoms with Crippen molar-refractivity contribution in [1.82, 2.24) is 10.3 Å². The molecule has 0 bridgehead atoms. The molecule has 5 heteroatoms. The Bertz CT molecular complexity index is 377.